The molecule has 2 heterocycles. The van der Waals surface area contributed by atoms with E-state index < -0.39 is 18.3 Å². The van der Waals surface area contributed by atoms with Crippen LogP contribution < -0.4 is 10.9 Å². The van der Waals surface area contributed by atoms with Crippen LogP contribution in [0.1, 0.15) is 12.8 Å². The highest BCUT2D eigenvalue weighted by Crippen LogP contribution is 2.21. The third kappa shape index (κ3) is 4.34. The average molecular weight is 325 g/mol. The Morgan fingerprint density at radius 1 is 1.43 bits per heavy atom. The number of nitrogens with one attached hydrogen (secondary N) is 1. The standard InChI is InChI=1S/C12H16ClF3N4O/c1-19-4-2-8(3-5-19)18-9-6-17-20(7-12(14,15)16)11(21)10(9)13/h6,8,18H,2-5,7H2,1H3. The second kappa shape index (κ2) is 6.23. The first kappa shape index (κ1) is 16.1. The highest BCUT2D eigenvalue weighted by atomic mass is 35.5. The van der Waals surface area contributed by atoms with Gasteiger partial charge in [0.1, 0.15) is 11.6 Å². The smallest absolute Gasteiger partial charge is 0.380 e. The molecule has 5 nitrogen and oxygen atoms in total. The molecular formula is C12H16ClF3N4O. The number of aromatic nitrogens is 2. The second-order valence-electron chi connectivity index (χ2n) is 5.17. The van der Waals surface area contributed by atoms with Gasteiger partial charge in [-0.1, -0.05) is 11.6 Å². The second-order valence-corrected chi connectivity index (χ2v) is 5.55. The molecule has 118 valence electrons. The lowest BCUT2D eigenvalue weighted by Crippen LogP contribution is -2.37. The Kier molecular flexibility index (Phi) is 4.77. The number of piperidine rings is 1. The zero-order valence-corrected chi connectivity index (χ0v) is 12.2. The minimum Gasteiger partial charge on any atom is -0.380 e. The SMILES string of the molecule is CN1CCC(Nc2cnn(CC(F)(F)F)c(=O)c2Cl)CC1. The van der Waals surface area contributed by atoms with Crippen LogP contribution in [0.25, 0.3) is 0 Å². The molecule has 0 spiro atoms. The van der Waals surface area contributed by atoms with Gasteiger partial charge in [0.25, 0.3) is 5.56 Å². The molecule has 0 amide bonds. The molecule has 21 heavy (non-hydrogen) atoms. The van der Waals surface area contributed by atoms with Crippen LogP contribution in [0.15, 0.2) is 11.0 Å². The number of likely N-dealkylation sites (tertiary alicyclic amines) is 1. The molecule has 0 atom stereocenters. The van der Waals surface area contributed by atoms with Gasteiger partial charge in [-0.3, -0.25) is 4.79 Å². The first-order valence-corrected chi connectivity index (χ1v) is 6.91. The van der Waals surface area contributed by atoms with Crippen LogP contribution in [0.5, 0.6) is 0 Å². The van der Waals surface area contributed by atoms with Crippen molar-refractivity contribution in [3.8, 4) is 0 Å². The molecule has 1 N–H and O–H groups in total. The third-order valence-corrected chi connectivity index (χ3v) is 3.76. The Balaban J connectivity index is 2.12. The number of alkyl halides is 3. The van der Waals surface area contributed by atoms with Crippen molar-refractivity contribution in [2.75, 3.05) is 25.5 Å². The summed E-state index contributed by atoms with van der Waals surface area (Å²) in [7, 11) is 2.02. The summed E-state index contributed by atoms with van der Waals surface area (Å²) in [4.78, 5) is 14.0. The van der Waals surface area contributed by atoms with Gasteiger partial charge < -0.3 is 10.2 Å². The molecule has 1 aromatic heterocycles. The molecule has 1 aliphatic heterocycles. The molecule has 0 saturated carbocycles. The van der Waals surface area contributed by atoms with E-state index in [1.54, 1.807) is 0 Å². The van der Waals surface area contributed by atoms with Crippen LogP contribution in [0.3, 0.4) is 0 Å². The minimum atomic E-state index is -4.51. The third-order valence-electron chi connectivity index (χ3n) is 3.39. The lowest BCUT2D eigenvalue weighted by molar-refractivity contribution is -0.143. The van der Waals surface area contributed by atoms with Crippen LogP contribution in [0, 0.1) is 0 Å². The Morgan fingerprint density at radius 3 is 2.62 bits per heavy atom. The maximum absolute atomic E-state index is 12.3. The number of halogens is 4. The van der Waals surface area contributed by atoms with E-state index in [1.165, 1.54) is 6.20 Å². The van der Waals surface area contributed by atoms with Crippen molar-refractivity contribution in [2.45, 2.75) is 31.6 Å². The normalized spacial score (nSPS) is 18.0. The van der Waals surface area contributed by atoms with E-state index in [0.29, 0.717) is 4.68 Å². The number of rotatable bonds is 3. The predicted octanol–water partition coefficient (Wildman–Crippen LogP) is 1.97. The number of nitrogens with zero attached hydrogens (tertiary/aromatic N) is 3. The molecular weight excluding hydrogens is 309 g/mol. The molecule has 0 aromatic carbocycles. The summed E-state index contributed by atoms with van der Waals surface area (Å²) in [5.74, 6) is 0. The molecule has 1 aromatic rings. The van der Waals surface area contributed by atoms with Crippen LogP contribution in [-0.2, 0) is 6.54 Å². The zero-order valence-electron chi connectivity index (χ0n) is 11.5. The predicted molar refractivity (Wildman–Crippen MR) is 73.7 cm³/mol. The van der Waals surface area contributed by atoms with Gasteiger partial charge in [0, 0.05) is 6.04 Å². The van der Waals surface area contributed by atoms with Gasteiger partial charge in [-0.2, -0.15) is 18.3 Å². The summed E-state index contributed by atoms with van der Waals surface area (Å²) in [6.07, 6.45) is -1.59. The maximum Gasteiger partial charge on any atom is 0.408 e. The fraction of sp³-hybridized carbons (Fsp3) is 0.667. The maximum atomic E-state index is 12.3. The molecule has 1 fully saturated rings. The average Bonchev–Trinajstić information content (AvgIpc) is 2.39. The largest absolute Gasteiger partial charge is 0.408 e. The van der Waals surface area contributed by atoms with Gasteiger partial charge in [-0.25, -0.2) is 4.68 Å². The van der Waals surface area contributed by atoms with Gasteiger partial charge in [0.05, 0.1) is 11.9 Å². The van der Waals surface area contributed by atoms with Gasteiger partial charge in [0.2, 0.25) is 0 Å². The molecule has 2 rings (SSSR count). The highest BCUT2D eigenvalue weighted by molar-refractivity contribution is 6.32. The number of anilines is 1. The first-order chi connectivity index (χ1) is 9.76. The van der Waals surface area contributed by atoms with Crippen molar-refractivity contribution in [1.29, 1.82) is 0 Å². The highest BCUT2D eigenvalue weighted by Gasteiger charge is 2.30. The molecule has 1 saturated heterocycles. The molecule has 1 aliphatic rings. The molecule has 0 radical (unpaired) electrons. The van der Waals surface area contributed by atoms with E-state index >= 15 is 0 Å². The first-order valence-electron chi connectivity index (χ1n) is 6.54. The van der Waals surface area contributed by atoms with Crippen LogP contribution in [-0.4, -0.2) is 47.0 Å². The van der Waals surface area contributed by atoms with E-state index in [-0.39, 0.29) is 16.8 Å². The van der Waals surface area contributed by atoms with Gasteiger partial charge in [0.15, 0.2) is 0 Å². The van der Waals surface area contributed by atoms with Gasteiger partial charge in [-0.05, 0) is 33.0 Å². The van der Waals surface area contributed by atoms with Crippen LogP contribution in [0.4, 0.5) is 18.9 Å². The number of hydrogen-bond donors (Lipinski definition) is 1. The van der Waals surface area contributed by atoms with Gasteiger partial charge >= 0.3 is 6.18 Å². The fourth-order valence-electron chi connectivity index (χ4n) is 2.22. The lowest BCUT2D eigenvalue weighted by atomic mass is 10.1. The molecule has 9 heteroatoms. The summed E-state index contributed by atoms with van der Waals surface area (Å²) in [5, 5.41) is 6.36. The van der Waals surface area contributed by atoms with Crippen molar-refractivity contribution >= 4 is 17.3 Å². The molecule has 0 unspecified atom stereocenters. The Hall–Kier alpha value is -1.28. The number of hydrogen-bond acceptors (Lipinski definition) is 4. The summed E-state index contributed by atoms with van der Waals surface area (Å²) in [5.41, 5.74) is -0.651. The van der Waals surface area contributed by atoms with E-state index in [2.05, 4.69) is 15.3 Å². The topological polar surface area (TPSA) is 50.2 Å². The van der Waals surface area contributed by atoms with Crippen molar-refractivity contribution in [3.05, 3.63) is 21.6 Å². The quantitative estimate of drug-likeness (QED) is 0.923. The van der Waals surface area contributed by atoms with Crippen molar-refractivity contribution in [1.82, 2.24) is 14.7 Å². The zero-order chi connectivity index (χ0) is 15.6. The monoisotopic (exact) mass is 324 g/mol. The summed E-state index contributed by atoms with van der Waals surface area (Å²) < 4.78 is 37.2. The Morgan fingerprint density at radius 2 is 2.05 bits per heavy atom. The molecule has 0 bridgehead atoms. The van der Waals surface area contributed by atoms with Crippen molar-refractivity contribution in [3.63, 3.8) is 0 Å². The summed E-state index contributed by atoms with van der Waals surface area (Å²) in [6.45, 7) is 0.377. The van der Waals surface area contributed by atoms with E-state index in [4.69, 9.17) is 11.6 Å². The molecule has 0 aliphatic carbocycles. The van der Waals surface area contributed by atoms with Crippen LogP contribution >= 0.6 is 11.6 Å². The van der Waals surface area contributed by atoms with Crippen molar-refractivity contribution < 1.29 is 13.2 Å². The van der Waals surface area contributed by atoms with Crippen LogP contribution in [0.2, 0.25) is 5.02 Å². The Labute approximate surface area is 124 Å². The fourth-order valence-corrected chi connectivity index (χ4v) is 2.42. The lowest BCUT2D eigenvalue weighted by Gasteiger charge is -2.30. The minimum absolute atomic E-state index is 0.137. The summed E-state index contributed by atoms with van der Waals surface area (Å²) in [6, 6.07) is 0.137. The summed E-state index contributed by atoms with van der Waals surface area (Å²) >= 11 is 5.86. The van der Waals surface area contributed by atoms with Gasteiger partial charge in [-0.15, -0.1) is 0 Å². The van der Waals surface area contributed by atoms with E-state index in [0.717, 1.165) is 25.9 Å². The van der Waals surface area contributed by atoms with Crippen molar-refractivity contribution in [2.24, 2.45) is 0 Å². The van der Waals surface area contributed by atoms with E-state index in [9.17, 15) is 18.0 Å². The van der Waals surface area contributed by atoms with E-state index in [1.807, 2.05) is 7.05 Å². The Bertz CT molecular complexity index is 552.